The average molecular weight is 368 g/mol. The Bertz CT molecular complexity index is 897. The molecule has 0 bridgehead atoms. The number of hydrogen-bond acceptors (Lipinski definition) is 1. The number of thioether (sulfide) groups is 1. The minimum absolute atomic E-state index is 0.00190. The van der Waals surface area contributed by atoms with Crippen LogP contribution in [0.5, 0.6) is 0 Å². The van der Waals surface area contributed by atoms with Crippen molar-refractivity contribution in [2.75, 3.05) is 0 Å². The molecule has 0 spiro atoms. The van der Waals surface area contributed by atoms with Crippen molar-refractivity contribution in [1.29, 1.82) is 0 Å². The molecule has 2 aromatic carbocycles. The molecule has 4 rings (SSSR count). The van der Waals surface area contributed by atoms with Gasteiger partial charge in [0.05, 0.1) is 0 Å². The number of allylic oxidation sites excluding steroid dienone is 1. The maximum absolute atomic E-state index is 14.6. The second kappa shape index (κ2) is 5.59. The van der Waals surface area contributed by atoms with Gasteiger partial charge in [-0.1, -0.05) is 37.3 Å². The van der Waals surface area contributed by atoms with Gasteiger partial charge in [-0.25, -0.2) is 8.78 Å². The van der Waals surface area contributed by atoms with Gasteiger partial charge in [-0.3, -0.25) is 0 Å². The molecule has 2 aromatic rings. The van der Waals surface area contributed by atoms with E-state index in [0.717, 1.165) is 11.6 Å². The Morgan fingerprint density at radius 1 is 1.00 bits per heavy atom. The summed E-state index contributed by atoms with van der Waals surface area (Å²) < 4.78 is 68.9. The summed E-state index contributed by atoms with van der Waals surface area (Å²) in [6, 6.07) is 9.64. The third-order valence-corrected chi connectivity index (χ3v) is 6.42. The number of fused-ring (bicyclic) bond motifs is 4. The summed E-state index contributed by atoms with van der Waals surface area (Å²) >= 11 is 0.709. The van der Waals surface area contributed by atoms with Crippen LogP contribution < -0.4 is 0 Å². The van der Waals surface area contributed by atoms with Gasteiger partial charge >= 0.3 is 6.18 Å². The second-order valence-corrected chi connectivity index (χ2v) is 7.49. The molecule has 6 heteroatoms. The van der Waals surface area contributed by atoms with Crippen LogP contribution in [0.4, 0.5) is 22.0 Å². The summed E-state index contributed by atoms with van der Waals surface area (Å²) in [5, 5.41) is -1.67. The van der Waals surface area contributed by atoms with Gasteiger partial charge < -0.3 is 0 Å². The van der Waals surface area contributed by atoms with E-state index in [9.17, 15) is 22.0 Å². The van der Waals surface area contributed by atoms with Gasteiger partial charge in [-0.15, -0.1) is 11.8 Å². The molecule has 1 aliphatic carbocycles. The van der Waals surface area contributed by atoms with E-state index in [4.69, 9.17) is 0 Å². The normalized spacial score (nSPS) is 22.3. The molecule has 2 aliphatic rings. The summed E-state index contributed by atoms with van der Waals surface area (Å²) in [7, 11) is 0. The molecule has 0 N–H and O–H groups in total. The van der Waals surface area contributed by atoms with Crippen molar-refractivity contribution < 1.29 is 22.0 Å². The second-order valence-electron chi connectivity index (χ2n) is 6.34. The number of alkyl halides is 3. The first kappa shape index (κ1) is 16.6. The van der Waals surface area contributed by atoms with Crippen LogP contribution in [-0.2, 0) is 6.42 Å². The van der Waals surface area contributed by atoms with E-state index in [1.807, 2.05) is 6.07 Å². The molecule has 0 nitrogen and oxygen atoms in total. The first-order valence-corrected chi connectivity index (χ1v) is 8.70. The van der Waals surface area contributed by atoms with Crippen LogP contribution >= 0.6 is 11.8 Å². The zero-order valence-corrected chi connectivity index (χ0v) is 13.9. The largest absolute Gasteiger partial charge is 0.401 e. The first-order valence-electron chi connectivity index (χ1n) is 7.82. The Morgan fingerprint density at radius 3 is 2.44 bits per heavy atom. The van der Waals surface area contributed by atoms with Crippen molar-refractivity contribution >= 4 is 22.2 Å². The molecular weight excluding hydrogens is 355 g/mol. The maximum Gasteiger partial charge on any atom is 0.401 e. The standard InChI is InChI=1S/C19H13F5S/c1-9-14-15-11(6-7-13(20)16(15)21)8-10-4-2-3-5-12(10)17(14)25-18(9)19(22,23)24/h2-7,9,18H,8H2,1H3. The van der Waals surface area contributed by atoms with Crippen LogP contribution in [0.2, 0.25) is 0 Å². The molecule has 0 saturated carbocycles. The van der Waals surface area contributed by atoms with E-state index >= 15 is 0 Å². The Kier molecular flexibility index (Phi) is 3.72. The van der Waals surface area contributed by atoms with Crippen LogP contribution in [-0.4, -0.2) is 11.4 Å². The predicted molar refractivity (Wildman–Crippen MR) is 89.0 cm³/mol. The van der Waals surface area contributed by atoms with Crippen molar-refractivity contribution in [3.63, 3.8) is 0 Å². The Balaban J connectivity index is 2.03. The summed E-state index contributed by atoms with van der Waals surface area (Å²) in [5.41, 5.74) is 2.29. The van der Waals surface area contributed by atoms with Crippen molar-refractivity contribution in [2.24, 2.45) is 5.92 Å². The van der Waals surface area contributed by atoms with E-state index in [1.165, 1.54) is 13.0 Å². The Labute approximate surface area is 145 Å². The van der Waals surface area contributed by atoms with Crippen molar-refractivity contribution in [2.45, 2.75) is 24.8 Å². The fourth-order valence-electron chi connectivity index (χ4n) is 3.68. The molecule has 0 amide bonds. The zero-order valence-electron chi connectivity index (χ0n) is 13.1. The van der Waals surface area contributed by atoms with Gasteiger partial charge in [-0.2, -0.15) is 13.2 Å². The van der Waals surface area contributed by atoms with Crippen LogP contribution in [0.15, 0.2) is 36.4 Å². The molecule has 0 saturated heterocycles. The van der Waals surface area contributed by atoms with E-state index in [2.05, 4.69) is 0 Å². The minimum atomic E-state index is -4.42. The maximum atomic E-state index is 14.6. The lowest BCUT2D eigenvalue weighted by Crippen LogP contribution is -2.30. The van der Waals surface area contributed by atoms with Gasteiger partial charge in [0.1, 0.15) is 5.25 Å². The Hall–Kier alpha value is -1.82. The molecule has 2 atom stereocenters. The fraction of sp³-hybridized carbons (Fsp3) is 0.263. The summed E-state index contributed by atoms with van der Waals surface area (Å²) in [6.45, 7) is 1.44. The number of hydrogen-bond donors (Lipinski definition) is 0. The molecule has 0 fully saturated rings. The van der Waals surface area contributed by atoms with E-state index in [0.29, 0.717) is 34.2 Å². The quantitative estimate of drug-likeness (QED) is 0.510. The molecule has 1 aliphatic heterocycles. The fourth-order valence-corrected chi connectivity index (χ4v) is 5.15. The van der Waals surface area contributed by atoms with E-state index in [-0.39, 0.29) is 11.1 Å². The molecule has 0 aromatic heterocycles. The zero-order chi connectivity index (χ0) is 17.9. The van der Waals surface area contributed by atoms with E-state index < -0.39 is 29.0 Å². The summed E-state index contributed by atoms with van der Waals surface area (Å²) in [6.07, 6.45) is -4.06. The van der Waals surface area contributed by atoms with E-state index in [1.54, 1.807) is 18.2 Å². The number of rotatable bonds is 0. The lowest BCUT2D eigenvalue weighted by atomic mass is 9.87. The highest BCUT2D eigenvalue weighted by molar-refractivity contribution is 8.09. The van der Waals surface area contributed by atoms with Crippen LogP contribution in [0, 0.1) is 17.6 Å². The molecule has 0 radical (unpaired) electrons. The van der Waals surface area contributed by atoms with Gasteiger partial charge in [0.25, 0.3) is 0 Å². The summed E-state index contributed by atoms with van der Waals surface area (Å²) in [4.78, 5) is 0.411. The lowest BCUT2D eigenvalue weighted by molar-refractivity contribution is -0.132. The highest BCUT2D eigenvalue weighted by Crippen LogP contribution is 2.58. The highest BCUT2D eigenvalue weighted by Gasteiger charge is 2.51. The lowest BCUT2D eigenvalue weighted by Gasteiger charge is -2.22. The first-order chi connectivity index (χ1) is 11.8. The molecule has 130 valence electrons. The van der Waals surface area contributed by atoms with Crippen LogP contribution in [0.3, 0.4) is 0 Å². The van der Waals surface area contributed by atoms with Gasteiger partial charge in [0.15, 0.2) is 11.6 Å². The van der Waals surface area contributed by atoms with Gasteiger partial charge in [0.2, 0.25) is 0 Å². The summed E-state index contributed by atoms with van der Waals surface area (Å²) in [5.74, 6) is -3.06. The third kappa shape index (κ3) is 2.49. The molecule has 1 heterocycles. The van der Waals surface area contributed by atoms with Crippen molar-refractivity contribution in [1.82, 2.24) is 0 Å². The highest BCUT2D eigenvalue weighted by atomic mass is 32.2. The van der Waals surface area contributed by atoms with Crippen LogP contribution in [0.1, 0.15) is 29.2 Å². The SMILES string of the molecule is CC1C2=C(SC1C(F)(F)F)c1ccccc1Cc1ccc(F)c(F)c12. The Morgan fingerprint density at radius 2 is 1.72 bits per heavy atom. The smallest absolute Gasteiger partial charge is 0.204 e. The number of benzene rings is 2. The van der Waals surface area contributed by atoms with Crippen molar-refractivity contribution in [3.8, 4) is 0 Å². The molecule has 2 unspecified atom stereocenters. The van der Waals surface area contributed by atoms with Gasteiger partial charge in [-0.05, 0) is 34.8 Å². The number of halogens is 5. The minimum Gasteiger partial charge on any atom is -0.204 e. The topological polar surface area (TPSA) is 0 Å². The monoisotopic (exact) mass is 368 g/mol. The predicted octanol–water partition coefficient (Wildman–Crippen LogP) is 6.05. The molecular formula is C19H13F5S. The average Bonchev–Trinajstić information content (AvgIpc) is 2.82. The van der Waals surface area contributed by atoms with Gasteiger partial charge in [0, 0.05) is 16.4 Å². The molecule has 25 heavy (non-hydrogen) atoms. The van der Waals surface area contributed by atoms with Crippen molar-refractivity contribution in [3.05, 3.63) is 70.3 Å². The van der Waals surface area contributed by atoms with Crippen LogP contribution in [0.25, 0.3) is 10.5 Å². The third-order valence-electron chi connectivity index (χ3n) is 4.81.